The third-order valence-electron chi connectivity index (χ3n) is 3.84. The molecule has 0 aliphatic carbocycles. The fourth-order valence-corrected chi connectivity index (χ4v) is 2.37. The Balaban J connectivity index is 5.32. The number of nitrogens with one attached hydrogen (secondary N) is 3. The lowest BCUT2D eigenvalue weighted by molar-refractivity contribution is -0.143. The van der Waals surface area contributed by atoms with Crippen molar-refractivity contribution in [1.29, 1.82) is 0 Å². The summed E-state index contributed by atoms with van der Waals surface area (Å²) in [5.74, 6) is -3.55. The normalized spacial score (nSPS) is 15.6. The SMILES string of the molecule is CC(C)CC(NC(=O)C(NC(=O)CN)C(C)O)C(=O)NC(C(=O)O)C(C)C. The Morgan fingerprint density at radius 1 is 0.889 bits per heavy atom. The number of carboxylic acid groups (broad SMARTS) is 1. The van der Waals surface area contributed by atoms with E-state index in [1.54, 1.807) is 13.8 Å². The van der Waals surface area contributed by atoms with Crippen molar-refractivity contribution in [3.05, 3.63) is 0 Å². The van der Waals surface area contributed by atoms with Gasteiger partial charge < -0.3 is 31.9 Å². The minimum atomic E-state index is -1.29. The molecule has 10 heteroatoms. The number of hydrogen-bond donors (Lipinski definition) is 6. The topological polar surface area (TPSA) is 171 Å². The molecule has 156 valence electrons. The summed E-state index contributed by atoms with van der Waals surface area (Å²) in [5, 5.41) is 26.2. The number of nitrogens with two attached hydrogens (primary N) is 1. The van der Waals surface area contributed by atoms with Crippen LogP contribution in [-0.4, -0.2) is 64.7 Å². The van der Waals surface area contributed by atoms with Gasteiger partial charge in [0.2, 0.25) is 17.7 Å². The van der Waals surface area contributed by atoms with Crippen molar-refractivity contribution in [2.24, 2.45) is 17.6 Å². The van der Waals surface area contributed by atoms with Crippen LogP contribution in [-0.2, 0) is 19.2 Å². The lowest BCUT2D eigenvalue weighted by Gasteiger charge is -2.27. The summed E-state index contributed by atoms with van der Waals surface area (Å²) < 4.78 is 0. The molecule has 3 amide bonds. The summed E-state index contributed by atoms with van der Waals surface area (Å²) in [6.07, 6.45) is -0.968. The summed E-state index contributed by atoms with van der Waals surface area (Å²) in [7, 11) is 0. The van der Waals surface area contributed by atoms with Gasteiger partial charge in [0, 0.05) is 0 Å². The molecule has 27 heavy (non-hydrogen) atoms. The van der Waals surface area contributed by atoms with Crippen LogP contribution < -0.4 is 21.7 Å². The number of carbonyl (C=O) groups excluding carboxylic acids is 3. The number of carbonyl (C=O) groups is 4. The van der Waals surface area contributed by atoms with Crippen LogP contribution in [0.2, 0.25) is 0 Å². The van der Waals surface area contributed by atoms with E-state index in [1.165, 1.54) is 6.92 Å². The molecule has 4 unspecified atom stereocenters. The average Bonchev–Trinajstić information content (AvgIpc) is 2.54. The maximum Gasteiger partial charge on any atom is 0.326 e. The molecule has 0 rings (SSSR count). The second-order valence-corrected chi connectivity index (χ2v) is 7.25. The molecular weight excluding hydrogens is 356 g/mol. The number of rotatable bonds is 11. The third-order valence-corrected chi connectivity index (χ3v) is 3.84. The maximum absolute atomic E-state index is 12.5. The highest BCUT2D eigenvalue weighted by atomic mass is 16.4. The molecule has 0 saturated carbocycles. The molecule has 10 nitrogen and oxygen atoms in total. The van der Waals surface area contributed by atoms with Crippen molar-refractivity contribution in [3.8, 4) is 0 Å². The smallest absolute Gasteiger partial charge is 0.326 e. The van der Waals surface area contributed by atoms with Gasteiger partial charge in [-0.25, -0.2) is 4.79 Å². The Morgan fingerprint density at radius 2 is 1.44 bits per heavy atom. The third kappa shape index (κ3) is 8.83. The van der Waals surface area contributed by atoms with E-state index >= 15 is 0 Å². The summed E-state index contributed by atoms with van der Waals surface area (Å²) in [4.78, 5) is 47.8. The van der Waals surface area contributed by atoms with Crippen LogP contribution in [0.5, 0.6) is 0 Å². The Bertz CT molecular complexity index is 536. The molecule has 7 N–H and O–H groups in total. The molecule has 0 radical (unpaired) electrons. The molecule has 0 aromatic heterocycles. The van der Waals surface area contributed by atoms with Gasteiger partial charge in [-0.05, 0) is 25.2 Å². The zero-order valence-corrected chi connectivity index (χ0v) is 16.5. The van der Waals surface area contributed by atoms with E-state index in [1.807, 2.05) is 13.8 Å². The predicted octanol–water partition coefficient (Wildman–Crippen LogP) is -1.43. The van der Waals surface area contributed by atoms with E-state index in [-0.39, 0.29) is 24.8 Å². The fraction of sp³-hybridized carbons (Fsp3) is 0.765. The average molecular weight is 388 g/mol. The zero-order valence-electron chi connectivity index (χ0n) is 16.5. The first kappa shape index (κ1) is 24.8. The number of carboxylic acids is 1. The summed E-state index contributed by atoms with van der Waals surface area (Å²) in [6.45, 7) is 7.94. The largest absolute Gasteiger partial charge is 0.480 e. The quantitative estimate of drug-likeness (QED) is 0.252. The van der Waals surface area contributed by atoms with Crippen LogP contribution >= 0.6 is 0 Å². The molecular formula is C17H32N4O6. The van der Waals surface area contributed by atoms with Gasteiger partial charge >= 0.3 is 5.97 Å². The Morgan fingerprint density at radius 3 is 1.81 bits per heavy atom. The molecule has 0 fully saturated rings. The van der Waals surface area contributed by atoms with Crippen molar-refractivity contribution in [2.45, 2.75) is 65.3 Å². The van der Waals surface area contributed by atoms with Crippen LogP contribution in [0.15, 0.2) is 0 Å². The van der Waals surface area contributed by atoms with E-state index in [0.717, 1.165) is 0 Å². The molecule has 0 aromatic carbocycles. The lowest BCUT2D eigenvalue weighted by Crippen LogP contribution is -2.59. The van der Waals surface area contributed by atoms with Gasteiger partial charge in [0.15, 0.2) is 0 Å². The first-order valence-corrected chi connectivity index (χ1v) is 8.91. The van der Waals surface area contributed by atoms with Gasteiger partial charge in [0.25, 0.3) is 0 Å². The van der Waals surface area contributed by atoms with Gasteiger partial charge in [-0.2, -0.15) is 0 Å². The van der Waals surface area contributed by atoms with E-state index in [2.05, 4.69) is 16.0 Å². The van der Waals surface area contributed by atoms with Crippen molar-refractivity contribution in [3.63, 3.8) is 0 Å². The molecule has 0 bridgehead atoms. The van der Waals surface area contributed by atoms with E-state index in [0.29, 0.717) is 0 Å². The Kier molecular flexibility index (Phi) is 10.6. The van der Waals surface area contributed by atoms with Crippen LogP contribution in [0.1, 0.15) is 41.0 Å². The molecule has 4 atom stereocenters. The minimum Gasteiger partial charge on any atom is -0.480 e. The summed E-state index contributed by atoms with van der Waals surface area (Å²) in [5.41, 5.74) is 5.20. The highest BCUT2D eigenvalue weighted by molar-refractivity contribution is 5.93. The Hall–Kier alpha value is -2.20. The van der Waals surface area contributed by atoms with Gasteiger partial charge in [-0.1, -0.05) is 27.7 Å². The second-order valence-electron chi connectivity index (χ2n) is 7.25. The van der Waals surface area contributed by atoms with Crippen LogP contribution in [0.3, 0.4) is 0 Å². The second kappa shape index (κ2) is 11.5. The number of amides is 3. The van der Waals surface area contributed by atoms with Crippen LogP contribution in [0.25, 0.3) is 0 Å². The fourth-order valence-electron chi connectivity index (χ4n) is 2.37. The first-order valence-electron chi connectivity index (χ1n) is 8.91. The van der Waals surface area contributed by atoms with Crippen LogP contribution in [0.4, 0.5) is 0 Å². The minimum absolute atomic E-state index is 0.0204. The molecule has 0 aliphatic heterocycles. The number of aliphatic hydroxyl groups excluding tert-OH is 1. The maximum atomic E-state index is 12.5. The van der Waals surface area contributed by atoms with Gasteiger partial charge in [-0.3, -0.25) is 14.4 Å². The van der Waals surface area contributed by atoms with Gasteiger partial charge in [0.05, 0.1) is 12.6 Å². The number of aliphatic hydroxyl groups is 1. The number of hydrogen-bond acceptors (Lipinski definition) is 6. The highest BCUT2D eigenvalue weighted by Gasteiger charge is 2.32. The zero-order chi connectivity index (χ0) is 21.3. The predicted molar refractivity (Wildman–Crippen MR) is 98.5 cm³/mol. The molecule has 0 saturated heterocycles. The van der Waals surface area contributed by atoms with Gasteiger partial charge in [0.1, 0.15) is 18.1 Å². The molecule has 0 aromatic rings. The molecule has 0 heterocycles. The lowest BCUT2D eigenvalue weighted by atomic mass is 10.00. The first-order chi connectivity index (χ1) is 12.4. The van der Waals surface area contributed by atoms with E-state index < -0.39 is 47.9 Å². The van der Waals surface area contributed by atoms with E-state index in [4.69, 9.17) is 5.73 Å². The van der Waals surface area contributed by atoms with E-state index in [9.17, 15) is 29.4 Å². The summed E-state index contributed by atoms with van der Waals surface area (Å²) >= 11 is 0. The standard InChI is InChI=1S/C17H32N4O6/c1-8(2)6-11(15(24)21-13(9(3)4)17(26)27)19-16(25)14(10(5)22)20-12(23)7-18/h8-11,13-14,22H,6-7,18H2,1-5H3,(H,19,25)(H,20,23)(H,21,24)(H,26,27). The molecule has 0 spiro atoms. The number of aliphatic carboxylic acids is 1. The summed E-state index contributed by atoms with van der Waals surface area (Å²) in [6, 6.07) is -3.41. The van der Waals surface area contributed by atoms with Gasteiger partial charge in [-0.15, -0.1) is 0 Å². The highest BCUT2D eigenvalue weighted by Crippen LogP contribution is 2.08. The van der Waals surface area contributed by atoms with Crippen molar-refractivity contribution < 1.29 is 29.4 Å². The van der Waals surface area contributed by atoms with Crippen molar-refractivity contribution in [1.82, 2.24) is 16.0 Å². The van der Waals surface area contributed by atoms with Crippen molar-refractivity contribution in [2.75, 3.05) is 6.54 Å². The monoisotopic (exact) mass is 388 g/mol. The van der Waals surface area contributed by atoms with Crippen LogP contribution in [0, 0.1) is 11.8 Å². The van der Waals surface area contributed by atoms with Crippen molar-refractivity contribution >= 4 is 23.7 Å². The molecule has 0 aliphatic rings. The Labute approximate surface area is 159 Å².